The molecule has 7 nitrogen and oxygen atoms in total. The second-order valence-electron chi connectivity index (χ2n) is 6.89. The van der Waals surface area contributed by atoms with E-state index in [2.05, 4.69) is 10.7 Å². The van der Waals surface area contributed by atoms with Crippen LogP contribution in [0.2, 0.25) is 5.02 Å². The van der Waals surface area contributed by atoms with E-state index < -0.39 is 11.8 Å². The van der Waals surface area contributed by atoms with E-state index in [-0.39, 0.29) is 18.1 Å². The van der Waals surface area contributed by atoms with Crippen molar-refractivity contribution < 1.29 is 19.1 Å². The highest BCUT2D eigenvalue weighted by molar-refractivity contribution is 6.31. The van der Waals surface area contributed by atoms with Gasteiger partial charge in [-0.3, -0.25) is 19.8 Å². The predicted octanol–water partition coefficient (Wildman–Crippen LogP) is 3.82. The monoisotopic (exact) mass is 447 g/mol. The highest BCUT2D eigenvalue weighted by atomic mass is 35.5. The second kappa shape index (κ2) is 9.36. The first-order valence-electron chi connectivity index (χ1n) is 9.70. The molecule has 1 fully saturated rings. The minimum absolute atomic E-state index is 0.0323. The van der Waals surface area contributed by atoms with E-state index in [1.807, 2.05) is 6.07 Å². The normalized spacial score (nSPS) is 14.4. The van der Waals surface area contributed by atoms with E-state index in [1.165, 1.54) is 11.1 Å². The van der Waals surface area contributed by atoms with E-state index in [9.17, 15) is 14.4 Å². The van der Waals surface area contributed by atoms with Crippen LogP contribution in [0.3, 0.4) is 0 Å². The molecule has 0 radical (unpaired) electrons. The van der Waals surface area contributed by atoms with Crippen LogP contribution in [0.5, 0.6) is 5.75 Å². The summed E-state index contributed by atoms with van der Waals surface area (Å²) < 4.78 is 5.49. The summed E-state index contributed by atoms with van der Waals surface area (Å²) >= 11 is 5.82. The standard InChI is InChI=1S/C24H18ClN3O4/c25-17-8-10-18(11-9-17)26-22(29)15-32-20-12-6-16(7-13-20)14-21-23(30)27-28(24(21)31)19-4-2-1-3-5-19/h1-14H,15H2,(H,26,29)(H,27,30). The van der Waals surface area contributed by atoms with E-state index in [0.717, 1.165) is 0 Å². The number of ether oxygens (including phenoxy) is 1. The number of para-hydroxylation sites is 1. The summed E-state index contributed by atoms with van der Waals surface area (Å²) in [6.45, 7) is -0.171. The van der Waals surface area contributed by atoms with E-state index in [0.29, 0.717) is 27.7 Å². The Kier molecular flexibility index (Phi) is 6.19. The van der Waals surface area contributed by atoms with E-state index >= 15 is 0 Å². The highest BCUT2D eigenvalue weighted by Gasteiger charge is 2.34. The fourth-order valence-electron chi connectivity index (χ4n) is 3.02. The largest absolute Gasteiger partial charge is 0.484 e. The van der Waals surface area contributed by atoms with Crippen LogP contribution in [0, 0.1) is 0 Å². The van der Waals surface area contributed by atoms with Crippen LogP contribution in [-0.4, -0.2) is 24.3 Å². The first kappa shape index (κ1) is 21.1. The van der Waals surface area contributed by atoms with Gasteiger partial charge in [-0.1, -0.05) is 41.9 Å². The molecule has 0 bridgehead atoms. The molecule has 0 aliphatic carbocycles. The van der Waals surface area contributed by atoms with Gasteiger partial charge in [-0.2, -0.15) is 0 Å². The molecule has 0 unspecified atom stereocenters. The van der Waals surface area contributed by atoms with Crippen LogP contribution in [0.4, 0.5) is 11.4 Å². The Labute approximate surface area is 189 Å². The van der Waals surface area contributed by atoms with Gasteiger partial charge in [-0.15, -0.1) is 0 Å². The fourth-order valence-corrected chi connectivity index (χ4v) is 3.15. The zero-order valence-electron chi connectivity index (χ0n) is 16.7. The molecule has 1 aliphatic heterocycles. The molecule has 3 amide bonds. The molecule has 32 heavy (non-hydrogen) atoms. The van der Waals surface area contributed by atoms with Crippen molar-refractivity contribution >= 4 is 46.8 Å². The number of nitrogens with one attached hydrogen (secondary N) is 2. The lowest BCUT2D eigenvalue weighted by Gasteiger charge is -2.13. The van der Waals surface area contributed by atoms with Gasteiger partial charge in [0.15, 0.2) is 6.61 Å². The van der Waals surface area contributed by atoms with Crippen molar-refractivity contribution in [2.24, 2.45) is 0 Å². The van der Waals surface area contributed by atoms with E-state index in [1.54, 1.807) is 72.8 Å². The van der Waals surface area contributed by atoms with Crippen molar-refractivity contribution in [2.75, 3.05) is 16.9 Å². The molecular formula is C24H18ClN3O4. The number of carbonyl (C=O) groups excluding carboxylic acids is 3. The predicted molar refractivity (Wildman–Crippen MR) is 122 cm³/mol. The van der Waals surface area contributed by atoms with Gasteiger partial charge in [-0.25, -0.2) is 5.01 Å². The molecule has 0 saturated carbocycles. The van der Waals surface area contributed by atoms with Crippen molar-refractivity contribution in [3.63, 3.8) is 0 Å². The summed E-state index contributed by atoms with van der Waals surface area (Å²) in [7, 11) is 0. The maximum absolute atomic E-state index is 12.6. The summed E-state index contributed by atoms with van der Waals surface area (Å²) in [5.74, 6) is -0.738. The Balaban J connectivity index is 1.36. The van der Waals surface area contributed by atoms with Crippen LogP contribution < -0.4 is 20.5 Å². The first-order valence-corrected chi connectivity index (χ1v) is 10.1. The molecule has 3 aromatic carbocycles. The Morgan fingerprint density at radius 3 is 2.34 bits per heavy atom. The molecule has 8 heteroatoms. The van der Waals surface area contributed by atoms with Crippen LogP contribution >= 0.6 is 11.6 Å². The van der Waals surface area contributed by atoms with Gasteiger partial charge in [-0.05, 0) is 60.2 Å². The third-order valence-corrected chi connectivity index (χ3v) is 4.85. The number of anilines is 2. The Bertz CT molecular complexity index is 1180. The van der Waals surface area contributed by atoms with Gasteiger partial charge in [0.2, 0.25) is 0 Å². The van der Waals surface area contributed by atoms with Crippen molar-refractivity contribution in [1.82, 2.24) is 5.43 Å². The summed E-state index contributed by atoms with van der Waals surface area (Å²) in [6.07, 6.45) is 1.51. The molecule has 0 spiro atoms. The molecule has 0 aromatic heterocycles. The number of benzene rings is 3. The molecular weight excluding hydrogens is 430 g/mol. The number of rotatable bonds is 6. The third-order valence-electron chi connectivity index (χ3n) is 4.59. The van der Waals surface area contributed by atoms with E-state index in [4.69, 9.17) is 16.3 Å². The van der Waals surface area contributed by atoms with Gasteiger partial charge >= 0.3 is 0 Å². The maximum atomic E-state index is 12.6. The smallest absolute Gasteiger partial charge is 0.282 e. The first-order chi connectivity index (χ1) is 15.5. The zero-order valence-corrected chi connectivity index (χ0v) is 17.5. The van der Waals surface area contributed by atoms with Crippen LogP contribution in [0.15, 0.2) is 84.4 Å². The van der Waals surface area contributed by atoms with Crippen molar-refractivity contribution in [3.8, 4) is 5.75 Å². The Hall–Kier alpha value is -4.10. The lowest BCUT2D eigenvalue weighted by Crippen LogP contribution is -2.35. The van der Waals surface area contributed by atoms with Gasteiger partial charge in [0, 0.05) is 10.7 Å². The lowest BCUT2D eigenvalue weighted by atomic mass is 10.1. The van der Waals surface area contributed by atoms with Crippen LogP contribution in [0.25, 0.3) is 6.08 Å². The van der Waals surface area contributed by atoms with Crippen molar-refractivity contribution in [2.45, 2.75) is 0 Å². The topological polar surface area (TPSA) is 87.7 Å². The number of hydrogen-bond acceptors (Lipinski definition) is 4. The van der Waals surface area contributed by atoms with Crippen LogP contribution in [-0.2, 0) is 14.4 Å². The number of halogens is 1. The molecule has 3 aromatic rings. The zero-order chi connectivity index (χ0) is 22.5. The third kappa shape index (κ3) is 4.96. The number of carbonyl (C=O) groups is 3. The lowest BCUT2D eigenvalue weighted by molar-refractivity contribution is -0.118. The van der Waals surface area contributed by atoms with Crippen molar-refractivity contribution in [3.05, 3.63) is 95.0 Å². The molecule has 0 atom stereocenters. The number of hydrogen-bond donors (Lipinski definition) is 2. The summed E-state index contributed by atoms with van der Waals surface area (Å²) in [5, 5.41) is 4.50. The highest BCUT2D eigenvalue weighted by Crippen LogP contribution is 2.22. The Morgan fingerprint density at radius 1 is 0.969 bits per heavy atom. The molecule has 1 aliphatic rings. The molecule has 4 rings (SSSR count). The number of hydrazine groups is 1. The number of amides is 3. The van der Waals surface area contributed by atoms with Gasteiger partial charge in [0.05, 0.1) is 5.69 Å². The average molecular weight is 448 g/mol. The fraction of sp³-hybridized carbons (Fsp3) is 0.0417. The maximum Gasteiger partial charge on any atom is 0.282 e. The van der Waals surface area contributed by atoms with Gasteiger partial charge < -0.3 is 10.1 Å². The number of nitrogens with zero attached hydrogens (tertiary/aromatic N) is 1. The summed E-state index contributed by atoms with van der Waals surface area (Å²) in [5.41, 5.74) is 4.44. The van der Waals surface area contributed by atoms with Crippen LogP contribution in [0.1, 0.15) is 5.56 Å². The summed E-state index contributed by atoms with van der Waals surface area (Å²) in [4.78, 5) is 36.9. The molecule has 1 saturated heterocycles. The van der Waals surface area contributed by atoms with Crippen molar-refractivity contribution in [1.29, 1.82) is 0 Å². The van der Waals surface area contributed by atoms with Gasteiger partial charge in [0.25, 0.3) is 17.7 Å². The molecule has 160 valence electrons. The quantitative estimate of drug-likeness (QED) is 0.444. The molecule has 2 N–H and O–H groups in total. The molecule has 1 heterocycles. The minimum Gasteiger partial charge on any atom is -0.484 e. The second-order valence-corrected chi connectivity index (χ2v) is 7.32. The average Bonchev–Trinajstić information content (AvgIpc) is 3.09. The SMILES string of the molecule is O=C(COc1ccc(C=C2C(=O)NN(c3ccccc3)C2=O)cc1)Nc1ccc(Cl)cc1. The van der Waals surface area contributed by atoms with Gasteiger partial charge in [0.1, 0.15) is 11.3 Å². The summed E-state index contributed by atoms with van der Waals surface area (Å²) in [6, 6.07) is 22.3. The minimum atomic E-state index is -0.474. The Morgan fingerprint density at radius 2 is 1.66 bits per heavy atom.